The number of nitrogens with zero attached hydrogens (tertiary/aromatic N) is 1. The third-order valence-corrected chi connectivity index (χ3v) is 3.94. The lowest BCUT2D eigenvalue weighted by Gasteiger charge is -2.24. The molecule has 1 aliphatic heterocycles. The lowest BCUT2D eigenvalue weighted by atomic mass is 10.1. The zero-order valence-electron chi connectivity index (χ0n) is 12.6. The molecule has 0 spiro atoms. The first-order chi connectivity index (χ1) is 10.3. The average Bonchev–Trinajstić information content (AvgIpc) is 2.45. The zero-order valence-corrected chi connectivity index (χ0v) is 12.6. The van der Waals surface area contributed by atoms with Crippen molar-refractivity contribution < 1.29 is 14.6 Å². The fourth-order valence-corrected chi connectivity index (χ4v) is 2.78. The molecule has 1 N–H and O–H groups in total. The third-order valence-electron chi connectivity index (χ3n) is 3.94. The highest BCUT2D eigenvalue weighted by Crippen LogP contribution is 2.18. The molecule has 0 aromatic heterocycles. The van der Waals surface area contributed by atoms with Crippen LogP contribution in [0.25, 0.3) is 0 Å². The smallest absolute Gasteiger partial charge is 0.339 e. The highest BCUT2D eigenvalue weighted by molar-refractivity contribution is 5.90. The molecule has 0 atom stereocenters. The molecule has 116 valence electrons. The van der Waals surface area contributed by atoms with Crippen molar-refractivity contribution in [3.8, 4) is 5.75 Å². The zero-order chi connectivity index (χ0) is 14.9. The van der Waals surface area contributed by atoms with E-state index in [4.69, 9.17) is 9.84 Å². The highest BCUT2D eigenvalue weighted by atomic mass is 16.5. The predicted octanol–water partition coefficient (Wildman–Crippen LogP) is 3.42. The summed E-state index contributed by atoms with van der Waals surface area (Å²) in [5, 5.41) is 9.10. The Labute approximate surface area is 126 Å². The fraction of sp³-hybridized carbons (Fsp3) is 0.588. The van der Waals surface area contributed by atoms with Gasteiger partial charge in [0.2, 0.25) is 0 Å². The van der Waals surface area contributed by atoms with Gasteiger partial charge in [-0.15, -0.1) is 0 Å². The summed E-state index contributed by atoms with van der Waals surface area (Å²) < 4.78 is 5.64. The van der Waals surface area contributed by atoms with Crippen molar-refractivity contribution in [3.63, 3.8) is 0 Å². The second-order valence-corrected chi connectivity index (χ2v) is 5.61. The van der Waals surface area contributed by atoms with Crippen LogP contribution in [0.3, 0.4) is 0 Å². The standard InChI is InChI=1S/C17H25NO3/c19-17(20)15-9-4-5-10-16(15)21-14-8-13-18-11-6-2-1-3-7-12-18/h4-5,9-10H,1-3,6-8,11-14H2,(H,19,20). The lowest BCUT2D eigenvalue weighted by molar-refractivity contribution is 0.0692. The normalized spacial score (nSPS) is 17.0. The van der Waals surface area contributed by atoms with Gasteiger partial charge in [-0.25, -0.2) is 4.79 Å². The monoisotopic (exact) mass is 291 g/mol. The van der Waals surface area contributed by atoms with Gasteiger partial charge in [0, 0.05) is 6.54 Å². The van der Waals surface area contributed by atoms with Crippen molar-refractivity contribution >= 4 is 5.97 Å². The summed E-state index contributed by atoms with van der Waals surface area (Å²) in [5.74, 6) is -0.466. The maximum atomic E-state index is 11.1. The molecule has 1 aromatic rings. The predicted molar refractivity (Wildman–Crippen MR) is 83.0 cm³/mol. The van der Waals surface area contributed by atoms with Gasteiger partial charge < -0.3 is 14.7 Å². The van der Waals surface area contributed by atoms with Gasteiger partial charge in [0.15, 0.2) is 0 Å². The summed E-state index contributed by atoms with van der Waals surface area (Å²) in [6.07, 6.45) is 7.60. The molecular weight excluding hydrogens is 266 g/mol. The number of hydrogen-bond acceptors (Lipinski definition) is 3. The lowest BCUT2D eigenvalue weighted by Crippen LogP contribution is -2.29. The van der Waals surface area contributed by atoms with E-state index in [1.54, 1.807) is 24.3 Å². The van der Waals surface area contributed by atoms with Crippen molar-refractivity contribution in [2.24, 2.45) is 0 Å². The van der Waals surface area contributed by atoms with Gasteiger partial charge in [0.25, 0.3) is 0 Å². The summed E-state index contributed by atoms with van der Waals surface area (Å²) in [6, 6.07) is 6.83. The Hall–Kier alpha value is -1.55. The first-order valence-electron chi connectivity index (χ1n) is 7.95. The highest BCUT2D eigenvalue weighted by Gasteiger charge is 2.11. The number of benzene rings is 1. The number of para-hydroxylation sites is 1. The van der Waals surface area contributed by atoms with Gasteiger partial charge in [0.1, 0.15) is 11.3 Å². The number of ether oxygens (including phenoxy) is 1. The Morgan fingerprint density at radius 1 is 1.10 bits per heavy atom. The second-order valence-electron chi connectivity index (χ2n) is 5.61. The molecule has 0 saturated carbocycles. The molecule has 4 nitrogen and oxygen atoms in total. The third kappa shape index (κ3) is 5.38. The number of carboxylic acids is 1. The number of carbonyl (C=O) groups is 1. The van der Waals surface area contributed by atoms with Crippen molar-refractivity contribution in [1.29, 1.82) is 0 Å². The van der Waals surface area contributed by atoms with E-state index in [0.29, 0.717) is 12.4 Å². The molecule has 21 heavy (non-hydrogen) atoms. The van der Waals surface area contributed by atoms with Crippen molar-refractivity contribution in [3.05, 3.63) is 29.8 Å². The first kappa shape index (κ1) is 15.8. The summed E-state index contributed by atoms with van der Waals surface area (Å²) in [5.41, 5.74) is 0.240. The molecule has 0 unspecified atom stereocenters. The van der Waals surface area contributed by atoms with Crippen LogP contribution in [0.4, 0.5) is 0 Å². The van der Waals surface area contributed by atoms with E-state index in [1.807, 2.05) is 0 Å². The van der Waals surface area contributed by atoms with Crippen molar-refractivity contribution in [1.82, 2.24) is 4.90 Å². The van der Waals surface area contributed by atoms with Crippen LogP contribution in [-0.2, 0) is 0 Å². The van der Waals surface area contributed by atoms with Gasteiger partial charge in [-0.05, 0) is 44.5 Å². The molecule has 1 aliphatic rings. The molecule has 0 radical (unpaired) electrons. The van der Waals surface area contributed by atoms with E-state index < -0.39 is 5.97 Å². The minimum Gasteiger partial charge on any atom is -0.493 e. The van der Waals surface area contributed by atoms with Crippen LogP contribution in [0, 0.1) is 0 Å². The Morgan fingerprint density at radius 3 is 2.48 bits per heavy atom. The van der Waals surface area contributed by atoms with Gasteiger partial charge >= 0.3 is 5.97 Å². The molecule has 0 amide bonds. The van der Waals surface area contributed by atoms with Gasteiger partial charge in [-0.2, -0.15) is 0 Å². The first-order valence-corrected chi connectivity index (χ1v) is 7.95. The number of likely N-dealkylation sites (tertiary alicyclic amines) is 1. The van der Waals surface area contributed by atoms with Crippen LogP contribution < -0.4 is 4.74 Å². The Morgan fingerprint density at radius 2 is 1.76 bits per heavy atom. The average molecular weight is 291 g/mol. The molecule has 2 rings (SSSR count). The van der Waals surface area contributed by atoms with E-state index in [0.717, 1.165) is 13.0 Å². The van der Waals surface area contributed by atoms with E-state index in [-0.39, 0.29) is 5.56 Å². The molecule has 4 heteroatoms. The Kier molecular flexibility index (Phi) is 6.54. The van der Waals surface area contributed by atoms with Crippen LogP contribution in [0.5, 0.6) is 5.75 Å². The fourth-order valence-electron chi connectivity index (χ4n) is 2.78. The molecule has 1 aromatic carbocycles. The summed E-state index contributed by atoms with van der Waals surface area (Å²) in [4.78, 5) is 13.6. The van der Waals surface area contributed by atoms with E-state index in [2.05, 4.69) is 4.90 Å². The minimum absolute atomic E-state index is 0.240. The summed E-state index contributed by atoms with van der Waals surface area (Å²) >= 11 is 0. The Bertz CT molecular complexity index is 439. The maximum Gasteiger partial charge on any atom is 0.339 e. The van der Waals surface area contributed by atoms with Crippen LogP contribution >= 0.6 is 0 Å². The molecule has 1 heterocycles. The van der Waals surface area contributed by atoms with Crippen LogP contribution in [-0.4, -0.2) is 42.2 Å². The molecule has 1 saturated heterocycles. The van der Waals surface area contributed by atoms with E-state index >= 15 is 0 Å². The Balaban J connectivity index is 1.73. The van der Waals surface area contributed by atoms with Gasteiger partial charge in [-0.1, -0.05) is 31.4 Å². The van der Waals surface area contributed by atoms with Crippen molar-refractivity contribution in [2.45, 2.75) is 38.5 Å². The molecular formula is C17H25NO3. The minimum atomic E-state index is -0.936. The second kappa shape index (κ2) is 8.67. The largest absolute Gasteiger partial charge is 0.493 e. The van der Waals surface area contributed by atoms with Crippen molar-refractivity contribution in [2.75, 3.05) is 26.2 Å². The summed E-state index contributed by atoms with van der Waals surface area (Å²) in [7, 11) is 0. The molecule has 0 aliphatic carbocycles. The number of hydrogen-bond donors (Lipinski definition) is 1. The molecule has 0 bridgehead atoms. The number of aromatic carboxylic acids is 1. The maximum absolute atomic E-state index is 11.1. The van der Waals surface area contributed by atoms with Gasteiger partial charge in [0.05, 0.1) is 6.61 Å². The molecule has 1 fully saturated rings. The summed E-state index contributed by atoms with van der Waals surface area (Å²) in [6.45, 7) is 3.98. The quantitative estimate of drug-likeness (QED) is 0.816. The van der Waals surface area contributed by atoms with E-state index in [1.165, 1.54) is 45.2 Å². The van der Waals surface area contributed by atoms with Crippen LogP contribution in [0.2, 0.25) is 0 Å². The van der Waals surface area contributed by atoms with Crippen LogP contribution in [0.15, 0.2) is 24.3 Å². The SMILES string of the molecule is O=C(O)c1ccccc1OCCCN1CCCCCCC1. The van der Waals surface area contributed by atoms with Gasteiger partial charge in [-0.3, -0.25) is 0 Å². The number of carboxylic acid groups (broad SMARTS) is 1. The van der Waals surface area contributed by atoms with E-state index in [9.17, 15) is 4.79 Å². The number of rotatable bonds is 6. The topological polar surface area (TPSA) is 49.8 Å². The van der Waals surface area contributed by atoms with Crippen LogP contribution in [0.1, 0.15) is 48.9 Å².